The molecule has 0 radical (unpaired) electrons. The van der Waals surface area contributed by atoms with Crippen LogP contribution in [0.1, 0.15) is 29.5 Å². The van der Waals surface area contributed by atoms with Gasteiger partial charge in [-0.3, -0.25) is 9.69 Å². The van der Waals surface area contributed by atoms with E-state index in [1.807, 2.05) is 24.3 Å². The van der Waals surface area contributed by atoms with E-state index in [0.29, 0.717) is 6.61 Å². The fraction of sp³-hybridized carbons (Fsp3) is 0.323. The zero-order valence-electron chi connectivity index (χ0n) is 21.0. The number of carbonyl (C=O) groups is 1. The Hall–Kier alpha value is -3.41. The van der Waals surface area contributed by atoms with Crippen molar-refractivity contribution in [3.8, 4) is 16.9 Å². The molecular weight excluding hydrogens is 448 g/mol. The second-order valence-electron chi connectivity index (χ2n) is 9.59. The average molecular weight is 483 g/mol. The molecule has 1 amide bonds. The van der Waals surface area contributed by atoms with Crippen LogP contribution in [0.5, 0.6) is 5.75 Å². The van der Waals surface area contributed by atoms with Crippen molar-refractivity contribution in [2.75, 3.05) is 44.8 Å². The van der Waals surface area contributed by atoms with Gasteiger partial charge in [-0.15, -0.1) is 0 Å². The van der Waals surface area contributed by atoms with E-state index in [9.17, 15) is 4.79 Å². The van der Waals surface area contributed by atoms with E-state index in [4.69, 9.17) is 9.47 Å². The number of hydrogen-bond acceptors (Lipinski definition) is 4. The van der Waals surface area contributed by atoms with Crippen molar-refractivity contribution >= 4 is 17.7 Å². The van der Waals surface area contributed by atoms with Gasteiger partial charge in [-0.25, -0.2) is 0 Å². The number of anilines is 1. The van der Waals surface area contributed by atoms with E-state index in [1.165, 1.54) is 22.3 Å². The lowest BCUT2D eigenvalue weighted by atomic mass is 9.97. The van der Waals surface area contributed by atoms with Gasteiger partial charge in [0, 0.05) is 37.0 Å². The Bertz CT molecular complexity index is 1230. The summed E-state index contributed by atoms with van der Waals surface area (Å²) >= 11 is 0. The fourth-order valence-corrected chi connectivity index (χ4v) is 4.78. The van der Waals surface area contributed by atoms with Gasteiger partial charge in [0.15, 0.2) is 0 Å². The number of morpholine rings is 1. The lowest BCUT2D eigenvalue weighted by molar-refractivity contribution is -0.112. The number of carbonyl (C=O) groups excluding carboxylic acids is 1. The second kappa shape index (κ2) is 11.5. The number of nitrogens with one attached hydrogen (secondary N) is 1. The predicted molar refractivity (Wildman–Crippen MR) is 145 cm³/mol. The Morgan fingerprint density at radius 3 is 2.61 bits per heavy atom. The number of nitrogens with zero attached hydrogens (tertiary/aromatic N) is 1. The molecule has 0 unspecified atom stereocenters. The van der Waals surface area contributed by atoms with Crippen LogP contribution in [0.4, 0.5) is 5.69 Å². The predicted octanol–water partition coefficient (Wildman–Crippen LogP) is 5.73. The van der Waals surface area contributed by atoms with Gasteiger partial charge in [-0.2, -0.15) is 0 Å². The summed E-state index contributed by atoms with van der Waals surface area (Å²) in [5, 5.41) is 3.09. The Balaban J connectivity index is 1.25. The highest BCUT2D eigenvalue weighted by molar-refractivity contribution is 6.07. The van der Waals surface area contributed by atoms with Gasteiger partial charge in [0.2, 0.25) is 0 Å². The van der Waals surface area contributed by atoms with Gasteiger partial charge in [-0.1, -0.05) is 48.0 Å². The van der Waals surface area contributed by atoms with Gasteiger partial charge in [0.25, 0.3) is 5.91 Å². The maximum atomic E-state index is 13.2. The first kappa shape index (κ1) is 24.3. The van der Waals surface area contributed by atoms with Gasteiger partial charge in [0.1, 0.15) is 12.4 Å². The SMILES string of the molecule is Cc1ccc(-c2ccc3c(c2)C=C(C(=O)Nc2cccc(OCCN4CCOCC4)c2)CCC3)cc1. The molecule has 1 aliphatic heterocycles. The monoisotopic (exact) mass is 482 g/mol. The minimum Gasteiger partial charge on any atom is -0.492 e. The highest BCUT2D eigenvalue weighted by Crippen LogP contribution is 2.29. The summed E-state index contributed by atoms with van der Waals surface area (Å²) in [4.78, 5) is 15.6. The van der Waals surface area contributed by atoms with Crippen molar-refractivity contribution in [3.05, 3.63) is 89.0 Å². The number of rotatable bonds is 7. The molecule has 1 N–H and O–H groups in total. The average Bonchev–Trinajstić information content (AvgIpc) is 3.12. The summed E-state index contributed by atoms with van der Waals surface area (Å²) in [5.41, 5.74) is 7.61. The van der Waals surface area contributed by atoms with Crippen LogP contribution in [0.3, 0.4) is 0 Å². The second-order valence-corrected chi connectivity index (χ2v) is 9.59. The van der Waals surface area contributed by atoms with E-state index in [2.05, 4.69) is 65.7 Å². The molecule has 0 aromatic heterocycles. The summed E-state index contributed by atoms with van der Waals surface area (Å²) < 4.78 is 11.4. The van der Waals surface area contributed by atoms with Crippen molar-refractivity contribution in [2.45, 2.75) is 26.2 Å². The highest BCUT2D eigenvalue weighted by Gasteiger charge is 2.16. The lowest BCUT2D eigenvalue weighted by Crippen LogP contribution is -2.38. The van der Waals surface area contributed by atoms with Crippen LogP contribution in [0.2, 0.25) is 0 Å². The van der Waals surface area contributed by atoms with E-state index in [-0.39, 0.29) is 5.91 Å². The molecule has 3 aromatic rings. The molecule has 1 heterocycles. The molecule has 2 aliphatic rings. The van der Waals surface area contributed by atoms with Crippen LogP contribution in [0.25, 0.3) is 17.2 Å². The zero-order valence-corrected chi connectivity index (χ0v) is 21.0. The third-order valence-electron chi connectivity index (χ3n) is 6.92. The van der Waals surface area contributed by atoms with Crippen LogP contribution < -0.4 is 10.1 Å². The van der Waals surface area contributed by atoms with Crippen molar-refractivity contribution < 1.29 is 14.3 Å². The van der Waals surface area contributed by atoms with Crippen LogP contribution in [-0.2, 0) is 16.0 Å². The van der Waals surface area contributed by atoms with E-state index >= 15 is 0 Å². The highest BCUT2D eigenvalue weighted by atomic mass is 16.5. The van der Waals surface area contributed by atoms with Crippen LogP contribution in [-0.4, -0.2) is 50.3 Å². The van der Waals surface area contributed by atoms with Crippen LogP contribution >= 0.6 is 0 Å². The van der Waals surface area contributed by atoms with Crippen molar-refractivity contribution in [1.29, 1.82) is 0 Å². The Morgan fingerprint density at radius 1 is 0.972 bits per heavy atom. The number of aryl methyl sites for hydroxylation is 2. The van der Waals surface area contributed by atoms with Gasteiger partial charge >= 0.3 is 0 Å². The Labute approximate surface area is 213 Å². The number of fused-ring (bicyclic) bond motifs is 1. The lowest BCUT2D eigenvalue weighted by Gasteiger charge is -2.26. The molecule has 3 aromatic carbocycles. The third kappa shape index (κ3) is 6.23. The summed E-state index contributed by atoms with van der Waals surface area (Å²) in [7, 11) is 0. The number of benzene rings is 3. The summed E-state index contributed by atoms with van der Waals surface area (Å²) in [6.07, 6.45) is 4.76. The maximum Gasteiger partial charge on any atom is 0.251 e. The number of amides is 1. The molecule has 0 saturated carbocycles. The van der Waals surface area contributed by atoms with Crippen molar-refractivity contribution in [3.63, 3.8) is 0 Å². The van der Waals surface area contributed by atoms with E-state index < -0.39 is 0 Å². The standard InChI is InChI=1S/C31H34N2O3/c1-23-8-10-25(11-9-23)26-13-12-24-4-2-5-27(21-28(24)20-26)31(34)32-29-6-3-7-30(22-29)36-19-16-33-14-17-35-18-15-33/h3,6-13,20-22H,2,4-5,14-19H2,1H3,(H,32,34). The summed E-state index contributed by atoms with van der Waals surface area (Å²) in [6, 6.07) is 22.8. The van der Waals surface area contributed by atoms with Gasteiger partial charge < -0.3 is 14.8 Å². The minimum atomic E-state index is -0.0472. The number of ether oxygens (including phenoxy) is 2. The van der Waals surface area contributed by atoms with Gasteiger partial charge in [0.05, 0.1) is 13.2 Å². The van der Waals surface area contributed by atoms with Crippen molar-refractivity contribution in [2.24, 2.45) is 0 Å². The molecule has 1 saturated heterocycles. The minimum absolute atomic E-state index is 0.0472. The molecule has 0 bridgehead atoms. The molecule has 5 rings (SSSR count). The Morgan fingerprint density at radius 2 is 1.78 bits per heavy atom. The quantitative estimate of drug-likeness (QED) is 0.467. The molecule has 1 fully saturated rings. The topological polar surface area (TPSA) is 50.8 Å². The maximum absolute atomic E-state index is 13.2. The normalized spacial score (nSPS) is 16.0. The molecule has 5 heteroatoms. The molecule has 1 aliphatic carbocycles. The molecule has 0 spiro atoms. The molecular formula is C31H34N2O3. The number of hydrogen-bond donors (Lipinski definition) is 1. The summed E-state index contributed by atoms with van der Waals surface area (Å²) in [5.74, 6) is 0.720. The first-order valence-electron chi connectivity index (χ1n) is 12.9. The molecule has 5 nitrogen and oxygen atoms in total. The third-order valence-corrected chi connectivity index (χ3v) is 6.92. The van der Waals surface area contributed by atoms with E-state index in [1.54, 1.807) is 0 Å². The molecule has 0 atom stereocenters. The Kier molecular flexibility index (Phi) is 7.79. The van der Waals surface area contributed by atoms with Crippen LogP contribution in [0, 0.1) is 6.92 Å². The molecule has 186 valence electrons. The smallest absolute Gasteiger partial charge is 0.251 e. The first-order chi connectivity index (χ1) is 17.6. The zero-order chi connectivity index (χ0) is 24.7. The van der Waals surface area contributed by atoms with Gasteiger partial charge in [-0.05, 0) is 72.7 Å². The van der Waals surface area contributed by atoms with Crippen LogP contribution in [0.15, 0.2) is 72.3 Å². The van der Waals surface area contributed by atoms with Crippen molar-refractivity contribution in [1.82, 2.24) is 4.90 Å². The van der Waals surface area contributed by atoms with E-state index in [0.717, 1.165) is 74.7 Å². The molecule has 36 heavy (non-hydrogen) atoms. The first-order valence-corrected chi connectivity index (χ1v) is 12.9. The largest absolute Gasteiger partial charge is 0.492 e. The summed E-state index contributed by atoms with van der Waals surface area (Å²) in [6.45, 7) is 7.06. The fourth-order valence-electron chi connectivity index (χ4n) is 4.78.